The SMILES string of the molecule is Cc1ccc(NC(=O)c2ccc(/C=C/C(=O)O)c(OCCc3ccc4ccccc4c3)c2)cc1. The average Bonchev–Trinajstić information content (AvgIpc) is 2.84. The largest absolute Gasteiger partial charge is 0.493 e. The van der Waals surface area contributed by atoms with Crippen LogP contribution in [-0.2, 0) is 11.2 Å². The predicted molar refractivity (Wildman–Crippen MR) is 135 cm³/mol. The molecule has 0 fully saturated rings. The number of carboxylic acid groups (broad SMARTS) is 1. The van der Waals surface area contributed by atoms with E-state index in [1.165, 1.54) is 16.8 Å². The molecule has 0 aromatic heterocycles. The Morgan fingerprint density at radius 2 is 1.68 bits per heavy atom. The highest BCUT2D eigenvalue weighted by molar-refractivity contribution is 6.04. The molecule has 0 aliphatic carbocycles. The fraction of sp³-hybridized carbons (Fsp3) is 0.103. The molecule has 0 saturated heterocycles. The van der Waals surface area contributed by atoms with Gasteiger partial charge in [-0.1, -0.05) is 66.2 Å². The van der Waals surface area contributed by atoms with Crippen molar-refractivity contribution in [3.63, 3.8) is 0 Å². The molecule has 0 aliphatic heterocycles. The minimum absolute atomic E-state index is 0.267. The van der Waals surface area contributed by atoms with Crippen LogP contribution < -0.4 is 10.1 Å². The van der Waals surface area contributed by atoms with Crippen molar-refractivity contribution in [1.29, 1.82) is 0 Å². The van der Waals surface area contributed by atoms with Gasteiger partial charge in [-0.25, -0.2) is 4.79 Å². The number of carbonyl (C=O) groups excluding carboxylic acids is 1. The molecule has 5 nitrogen and oxygen atoms in total. The highest BCUT2D eigenvalue weighted by Crippen LogP contribution is 2.24. The average molecular weight is 452 g/mol. The van der Waals surface area contributed by atoms with Gasteiger partial charge in [0.05, 0.1) is 6.61 Å². The third kappa shape index (κ3) is 5.90. The number of fused-ring (bicyclic) bond motifs is 1. The Morgan fingerprint density at radius 1 is 0.912 bits per heavy atom. The van der Waals surface area contributed by atoms with E-state index in [0.717, 1.165) is 17.2 Å². The van der Waals surface area contributed by atoms with Crippen LogP contribution >= 0.6 is 0 Å². The van der Waals surface area contributed by atoms with Gasteiger partial charge in [0.1, 0.15) is 5.75 Å². The quantitative estimate of drug-likeness (QED) is 0.317. The van der Waals surface area contributed by atoms with Crippen LogP contribution in [0.25, 0.3) is 16.8 Å². The summed E-state index contributed by atoms with van der Waals surface area (Å²) >= 11 is 0. The van der Waals surface area contributed by atoms with Gasteiger partial charge in [-0.05, 0) is 53.6 Å². The van der Waals surface area contributed by atoms with E-state index in [9.17, 15) is 9.59 Å². The van der Waals surface area contributed by atoms with Crippen LogP contribution in [0.5, 0.6) is 5.75 Å². The first kappa shape index (κ1) is 22.8. The number of carboxylic acids is 1. The molecule has 0 atom stereocenters. The Morgan fingerprint density at radius 3 is 2.44 bits per heavy atom. The number of amides is 1. The van der Waals surface area contributed by atoms with Crippen LogP contribution in [0.2, 0.25) is 0 Å². The zero-order valence-corrected chi connectivity index (χ0v) is 18.8. The van der Waals surface area contributed by atoms with Crippen molar-refractivity contribution in [3.8, 4) is 5.75 Å². The second-order valence-corrected chi connectivity index (χ2v) is 8.02. The van der Waals surface area contributed by atoms with E-state index in [4.69, 9.17) is 9.84 Å². The molecule has 0 bridgehead atoms. The summed E-state index contributed by atoms with van der Waals surface area (Å²) in [5.41, 5.74) is 3.95. The summed E-state index contributed by atoms with van der Waals surface area (Å²) in [4.78, 5) is 23.8. The minimum Gasteiger partial charge on any atom is -0.493 e. The lowest BCUT2D eigenvalue weighted by atomic mass is 10.1. The maximum atomic E-state index is 12.8. The van der Waals surface area contributed by atoms with Crippen molar-refractivity contribution in [1.82, 2.24) is 0 Å². The summed E-state index contributed by atoms with van der Waals surface area (Å²) in [6, 6.07) is 27.0. The van der Waals surface area contributed by atoms with Crippen LogP contribution in [0, 0.1) is 6.92 Å². The van der Waals surface area contributed by atoms with Crippen molar-refractivity contribution in [2.75, 3.05) is 11.9 Å². The van der Waals surface area contributed by atoms with Gasteiger partial charge in [0.25, 0.3) is 5.91 Å². The highest BCUT2D eigenvalue weighted by atomic mass is 16.5. The van der Waals surface area contributed by atoms with Crippen LogP contribution in [-0.4, -0.2) is 23.6 Å². The molecule has 170 valence electrons. The van der Waals surface area contributed by atoms with Crippen LogP contribution in [0.3, 0.4) is 0 Å². The predicted octanol–water partition coefficient (Wildman–Crippen LogP) is 6.12. The lowest BCUT2D eigenvalue weighted by Gasteiger charge is -2.12. The van der Waals surface area contributed by atoms with Gasteiger partial charge in [0, 0.05) is 29.3 Å². The van der Waals surface area contributed by atoms with Gasteiger partial charge >= 0.3 is 5.97 Å². The first-order chi connectivity index (χ1) is 16.5. The number of aliphatic carboxylic acids is 1. The Balaban J connectivity index is 1.50. The third-order valence-electron chi connectivity index (χ3n) is 5.45. The molecule has 5 heteroatoms. The molecule has 4 aromatic rings. The molecule has 34 heavy (non-hydrogen) atoms. The number of carbonyl (C=O) groups is 2. The molecule has 0 saturated carbocycles. The summed E-state index contributed by atoms with van der Waals surface area (Å²) in [5.74, 6) is -0.866. The molecule has 2 N–H and O–H groups in total. The summed E-state index contributed by atoms with van der Waals surface area (Å²) in [6.45, 7) is 2.37. The van der Waals surface area contributed by atoms with E-state index in [-0.39, 0.29) is 5.91 Å². The van der Waals surface area contributed by atoms with E-state index in [1.54, 1.807) is 18.2 Å². The van der Waals surface area contributed by atoms with E-state index in [0.29, 0.717) is 35.6 Å². The van der Waals surface area contributed by atoms with Crippen molar-refractivity contribution >= 4 is 34.4 Å². The Kier molecular flexibility index (Phi) is 7.04. The van der Waals surface area contributed by atoms with Gasteiger partial charge in [0.2, 0.25) is 0 Å². The van der Waals surface area contributed by atoms with Gasteiger partial charge in [-0.15, -0.1) is 0 Å². The molecular weight excluding hydrogens is 426 g/mol. The number of anilines is 1. The first-order valence-corrected chi connectivity index (χ1v) is 11.0. The number of hydrogen-bond acceptors (Lipinski definition) is 3. The first-order valence-electron chi connectivity index (χ1n) is 11.0. The fourth-order valence-electron chi connectivity index (χ4n) is 3.61. The molecule has 1 amide bonds. The van der Waals surface area contributed by atoms with Crippen molar-refractivity contribution < 1.29 is 19.4 Å². The number of nitrogens with one attached hydrogen (secondary N) is 1. The van der Waals surface area contributed by atoms with Crippen molar-refractivity contribution in [2.45, 2.75) is 13.3 Å². The topological polar surface area (TPSA) is 75.6 Å². The lowest BCUT2D eigenvalue weighted by molar-refractivity contribution is -0.131. The maximum Gasteiger partial charge on any atom is 0.328 e. The van der Waals surface area contributed by atoms with Gasteiger partial charge in [0.15, 0.2) is 0 Å². The van der Waals surface area contributed by atoms with E-state index in [2.05, 4.69) is 35.6 Å². The van der Waals surface area contributed by atoms with Crippen molar-refractivity contribution in [3.05, 3.63) is 113 Å². The zero-order chi connectivity index (χ0) is 23.9. The summed E-state index contributed by atoms with van der Waals surface area (Å²) in [7, 11) is 0. The third-order valence-corrected chi connectivity index (χ3v) is 5.45. The second-order valence-electron chi connectivity index (χ2n) is 8.02. The number of hydrogen-bond donors (Lipinski definition) is 2. The Labute approximate surface area is 198 Å². The fourth-order valence-corrected chi connectivity index (χ4v) is 3.61. The molecule has 4 rings (SSSR count). The number of aryl methyl sites for hydroxylation is 1. The van der Waals surface area contributed by atoms with E-state index >= 15 is 0 Å². The van der Waals surface area contributed by atoms with Crippen molar-refractivity contribution in [2.24, 2.45) is 0 Å². The maximum absolute atomic E-state index is 12.8. The Bertz CT molecular complexity index is 1360. The molecule has 4 aromatic carbocycles. The molecule has 0 unspecified atom stereocenters. The summed E-state index contributed by atoms with van der Waals surface area (Å²) in [5, 5.41) is 14.2. The summed E-state index contributed by atoms with van der Waals surface area (Å²) in [6.07, 6.45) is 3.19. The van der Waals surface area contributed by atoms with Gasteiger partial charge in [-0.3, -0.25) is 4.79 Å². The summed E-state index contributed by atoms with van der Waals surface area (Å²) < 4.78 is 6.02. The molecule has 0 radical (unpaired) electrons. The van der Waals surface area contributed by atoms with Crippen LogP contribution in [0.15, 0.2) is 91.0 Å². The number of rotatable bonds is 8. The van der Waals surface area contributed by atoms with E-state index in [1.807, 2.05) is 43.3 Å². The van der Waals surface area contributed by atoms with Crippen LogP contribution in [0.1, 0.15) is 27.0 Å². The zero-order valence-electron chi connectivity index (χ0n) is 18.8. The number of ether oxygens (including phenoxy) is 1. The molecule has 0 heterocycles. The monoisotopic (exact) mass is 451 g/mol. The smallest absolute Gasteiger partial charge is 0.328 e. The van der Waals surface area contributed by atoms with Gasteiger partial charge < -0.3 is 15.2 Å². The highest BCUT2D eigenvalue weighted by Gasteiger charge is 2.11. The van der Waals surface area contributed by atoms with E-state index < -0.39 is 5.97 Å². The standard InChI is InChI=1S/C29H25NO4/c1-20-6-13-26(14-7-20)30-29(33)25-11-10-23(12-15-28(31)32)27(19-25)34-17-16-21-8-9-22-4-2-3-5-24(22)18-21/h2-15,18-19H,16-17H2,1H3,(H,30,33)(H,31,32)/b15-12+. The normalized spacial score (nSPS) is 11.0. The minimum atomic E-state index is -1.05. The molecule has 0 aliphatic rings. The lowest BCUT2D eigenvalue weighted by Crippen LogP contribution is -2.12. The number of benzene rings is 4. The Hall–Kier alpha value is -4.38. The molecule has 0 spiro atoms. The second kappa shape index (κ2) is 10.5. The molecular formula is C29H25NO4. The van der Waals surface area contributed by atoms with Crippen LogP contribution in [0.4, 0.5) is 5.69 Å². The van der Waals surface area contributed by atoms with Gasteiger partial charge in [-0.2, -0.15) is 0 Å².